The molecule has 0 aliphatic carbocycles. The van der Waals surface area contributed by atoms with E-state index in [1.54, 1.807) is 31.2 Å². The molecule has 76 valence electrons. The first-order chi connectivity index (χ1) is 7.16. The summed E-state index contributed by atoms with van der Waals surface area (Å²) < 4.78 is 13.0. The molecule has 0 saturated carbocycles. The molecule has 1 aromatic heterocycles. The summed E-state index contributed by atoms with van der Waals surface area (Å²) in [6, 6.07) is 8.25. The Labute approximate surface area is 86.8 Å². The minimum absolute atomic E-state index is 0.220. The lowest BCUT2D eigenvalue weighted by Gasteiger charge is -2.02. The lowest BCUT2D eigenvalue weighted by Crippen LogP contribution is -1.94. The predicted molar refractivity (Wildman–Crippen MR) is 56.6 cm³/mol. The Morgan fingerprint density at radius 1 is 1.13 bits per heavy atom. The molecule has 0 bridgehead atoms. The van der Waals surface area contributed by atoms with Gasteiger partial charge in [-0.15, -0.1) is 10.2 Å². The van der Waals surface area contributed by atoms with Crippen LogP contribution in [0.2, 0.25) is 0 Å². The number of hydrogen-bond donors (Lipinski definition) is 1. The van der Waals surface area contributed by atoms with Crippen LogP contribution in [0.1, 0.15) is 5.56 Å². The van der Waals surface area contributed by atoms with Gasteiger partial charge in [0.05, 0.1) is 5.69 Å². The van der Waals surface area contributed by atoms with Gasteiger partial charge < -0.3 is 5.73 Å². The molecule has 1 heterocycles. The smallest absolute Gasteiger partial charge is 0.146 e. The van der Waals surface area contributed by atoms with Crippen LogP contribution in [0.15, 0.2) is 30.3 Å². The largest absolute Gasteiger partial charge is 0.382 e. The van der Waals surface area contributed by atoms with Crippen LogP contribution in [0, 0.1) is 12.7 Å². The highest BCUT2D eigenvalue weighted by molar-refractivity contribution is 5.60. The molecule has 0 fully saturated rings. The number of halogens is 1. The molecule has 0 aliphatic heterocycles. The first-order valence-electron chi connectivity index (χ1n) is 4.52. The summed E-state index contributed by atoms with van der Waals surface area (Å²) in [7, 11) is 0. The van der Waals surface area contributed by atoms with Crippen LogP contribution in [0.5, 0.6) is 0 Å². The molecule has 0 saturated heterocycles. The van der Waals surface area contributed by atoms with Crippen LogP contribution >= 0.6 is 0 Å². The summed E-state index contributed by atoms with van der Waals surface area (Å²) in [6.07, 6.45) is 0. The molecule has 0 radical (unpaired) electrons. The van der Waals surface area contributed by atoms with E-state index in [4.69, 9.17) is 5.73 Å². The van der Waals surface area contributed by atoms with Crippen molar-refractivity contribution in [2.45, 2.75) is 6.92 Å². The van der Waals surface area contributed by atoms with Gasteiger partial charge in [-0.05, 0) is 42.8 Å². The maximum absolute atomic E-state index is 13.0. The van der Waals surface area contributed by atoms with Gasteiger partial charge in [-0.3, -0.25) is 0 Å². The van der Waals surface area contributed by atoms with Crippen molar-refractivity contribution in [3.8, 4) is 11.3 Å². The Hall–Kier alpha value is -1.97. The van der Waals surface area contributed by atoms with Crippen LogP contribution in [-0.2, 0) is 0 Å². The second kappa shape index (κ2) is 3.65. The number of nitrogen functional groups attached to an aromatic ring is 1. The van der Waals surface area contributed by atoms with Crippen molar-refractivity contribution in [1.29, 1.82) is 0 Å². The minimum atomic E-state index is -0.220. The second-order valence-corrected chi connectivity index (χ2v) is 3.31. The number of hydrogen-bond acceptors (Lipinski definition) is 3. The summed E-state index contributed by atoms with van der Waals surface area (Å²) in [5.74, 6) is 0.153. The Bertz CT molecular complexity index is 480. The lowest BCUT2D eigenvalue weighted by atomic mass is 10.1. The number of nitrogens with two attached hydrogens (primary N) is 1. The average molecular weight is 203 g/mol. The van der Waals surface area contributed by atoms with E-state index in [1.165, 1.54) is 6.07 Å². The monoisotopic (exact) mass is 203 g/mol. The van der Waals surface area contributed by atoms with E-state index in [0.29, 0.717) is 17.1 Å². The summed E-state index contributed by atoms with van der Waals surface area (Å²) in [5.41, 5.74) is 7.54. The van der Waals surface area contributed by atoms with Gasteiger partial charge in [-0.25, -0.2) is 4.39 Å². The van der Waals surface area contributed by atoms with Crippen molar-refractivity contribution in [3.05, 3.63) is 41.7 Å². The fraction of sp³-hybridized carbons (Fsp3) is 0.0909. The molecule has 3 nitrogen and oxygen atoms in total. The van der Waals surface area contributed by atoms with Gasteiger partial charge in [0.15, 0.2) is 0 Å². The third kappa shape index (κ3) is 1.93. The molecule has 2 N–H and O–H groups in total. The third-order valence-electron chi connectivity index (χ3n) is 2.14. The van der Waals surface area contributed by atoms with Gasteiger partial charge in [-0.1, -0.05) is 0 Å². The minimum Gasteiger partial charge on any atom is -0.382 e. The first kappa shape index (κ1) is 9.58. The number of anilines is 1. The van der Waals surface area contributed by atoms with Gasteiger partial charge in [0, 0.05) is 5.56 Å². The van der Waals surface area contributed by atoms with E-state index in [0.717, 1.165) is 5.56 Å². The van der Waals surface area contributed by atoms with Gasteiger partial charge in [0.1, 0.15) is 11.6 Å². The van der Waals surface area contributed by atoms with Crippen LogP contribution in [0.3, 0.4) is 0 Å². The van der Waals surface area contributed by atoms with Crippen molar-refractivity contribution in [2.75, 3.05) is 5.73 Å². The number of aryl methyl sites for hydroxylation is 1. The van der Waals surface area contributed by atoms with Crippen LogP contribution in [-0.4, -0.2) is 10.2 Å². The lowest BCUT2D eigenvalue weighted by molar-refractivity contribution is 0.618. The Balaban J connectivity index is 2.45. The first-order valence-corrected chi connectivity index (χ1v) is 4.52. The highest BCUT2D eigenvalue weighted by Crippen LogP contribution is 2.19. The Morgan fingerprint density at radius 3 is 2.53 bits per heavy atom. The molecule has 2 aromatic rings. The molecule has 1 aromatic carbocycles. The maximum Gasteiger partial charge on any atom is 0.146 e. The number of benzene rings is 1. The molecule has 0 amide bonds. The van der Waals surface area contributed by atoms with Crippen molar-refractivity contribution in [2.24, 2.45) is 0 Å². The highest BCUT2D eigenvalue weighted by Gasteiger charge is 2.03. The van der Waals surface area contributed by atoms with E-state index >= 15 is 0 Å². The normalized spacial score (nSPS) is 10.3. The van der Waals surface area contributed by atoms with Crippen molar-refractivity contribution < 1.29 is 4.39 Å². The predicted octanol–water partition coefficient (Wildman–Crippen LogP) is 2.17. The average Bonchev–Trinajstić information content (AvgIpc) is 2.23. The molecular weight excluding hydrogens is 193 g/mol. The Kier molecular flexibility index (Phi) is 2.33. The SMILES string of the molecule is Cc1cc(-c2ccc(N)nn2)ccc1F. The third-order valence-corrected chi connectivity index (χ3v) is 2.14. The molecule has 0 aliphatic rings. The summed E-state index contributed by atoms with van der Waals surface area (Å²) >= 11 is 0. The standard InChI is InChI=1S/C11H10FN3/c1-7-6-8(2-3-9(7)12)10-4-5-11(13)15-14-10/h2-6H,1H3,(H2,13,15). The zero-order valence-corrected chi connectivity index (χ0v) is 8.24. The van der Waals surface area contributed by atoms with Crippen molar-refractivity contribution in [3.63, 3.8) is 0 Å². The topological polar surface area (TPSA) is 51.8 Å². The van der Waals surface area contributed by atoms with Crippen LogP contribution in [0.25, 0.3) is 11.3 Å². The van der Waals surface area contributed by atoms with E-state index in [2.05, 4.69) is 10.2 Å². The molecule has 0 unspecified atom stereocenters. The number of nitrogens with zero attached hydrogens (tertiary/aromatic N) is 2. The van der Waals surface area contributed by atoms with Gasteiger partial charge in [-0.2, -0.15) is 0 Å². The fourth-order valence-corrected chi connectivity index (χ4v) is 1.30. The maximum atomic E-state index is 13.0. The van der Waals surface area contributed by atoms with Crippen molar-refractivity contribution in [1.82, 2.24) is 10.2 Å². The number of aromatic nitrogens is 2. The fourth-order valence-electron chi connectivity index (χ4n) is 1.30. The molecule has 0 spiro atoms. The molecule has 15 heavy (non-hydrogen) atoms. The van der Waals surface area contributed by atoms with E-state index < -0.39 is 0 Å². The molecular formula is C11H10FN3. The summed E-state index contributed by atoms with van der Waals surface area (Å²) in [5, 5.41) is 7.66. The van der Waals surface area contributed by atoms with Gasteiger partial charge >= 0.3 is 0 Å². The molecule has 0 atom stereocenters. The Morgan fingerprint density at radius 2 is 1.93 bits per heavy atom. The van der Waals surface area contributed by atoms with E-state index in [1.807, 2.05) is 0 Å². The zero-order valence-electron chi connectivity index (χ0n) is 8.24. The summed E-state index contributed by atoms with van der Waals surface area (Å²) in [4.78, 5) is 0. The van der Waals surface area contributed by atoms with Gasteiger partial charge in [0.2, 0.25) is 0 Å². The zero-order chi connectivity index (χ0) is 10.8. The van der Waals surface area contributed by atoms with Gasteiger partial charge in [0.25, 0.3) is 0 Å². The van der Waals surface area contributed by atoms with E-state index in [9.17, 15) is 4.39 Å². The quantitative estimate of drug-likeness (QED) is 0.772. The number of rotatable bonds is 1. The highest BCUT2D eigenvalue weighted by atomic mass is 19.1. The molecule has 2 rings (SSSR count). The van der Waals surface area contributed by atoms with Crippen molar-refractivity contribution >= 4 is 5.82 Å². The summed E-state index contributed by atoms with van der Waals surface area (Å²) in [6.45, 7) is 1.71. The molecule has 4 heteroatoms. The second-order valence-electron chi connectivity index (χ2n) is 3.31. The van der Waals surface area contributed by atoms with Crippen LogP contribution in [0.4, 0.5) is 10.2 Å². The van der Waals surface area contributed by atoms with E-state index in [-0.39, 0.29) is 5.82 Å². The van der Waals surface area contributed by atoms with Crippen LogP contribution < -0.4 is 5.73 Å².